The maximum absolute atomic E-state index is 10.9. The Labute approximate surface area is 148 Å². The topological polar surface area (TPSA) is 81.5 Å². The van der Waals surface area contributed by atoms with Gasteiger partial charge < -0.3 is 9.47 Å². The zero-order valence-electron chi connectivity index (χ0n) is 14.6. The normalized spacial score (nSPS) is 21.2. The molecule has 1 atom stereocenters. The molecule has 1 fully saturated rings. The molecule has 6 nitrogen and oxygen atoms in total. The predicted octanol–water partition coefficient (Wildman–Crippen LogP) is 4.05. The number of hydrogen-bond donors (Lipinski definition) is 1. The highest BCUT2D eigenvalue weighted by molar-refractivity contribution is 7.37. The van der Waals surface area contributed by atoms with Gasteiger partial charge in [0.05, 0.1) is 25.4 Å². The van der Waals surface area contributed by atoms with Crippen molar-refractivity contribution in [3.63, 3.8) is 0 Å². The molecule has 0 saturated heterocycles. The highest BCUT2D eigenvalue weighted by Crippen LogP contribution is 2.41. The molecule has 134 valence electrons. The van der Waals surface area contributed by atoms with Gasteiger partial charge in [0.2, 0.25) is 0 Å². The van der Waals surface area contributed by atoms with Gasteiger partial charge in [-0.3, -0.25) is 0 Å². The fraction of sp³-hybridized carbons (Fsp3) is 0.556. The van der Waals surface area contributed by atoms with Crippen molar-refractivity contribution < 1.29 is 18.9 Å². The Bertz CT molecular complexity index is 760. The molecule has 1 heterocycles. The molecule has 3 rings (SSSR count). The van der Waals surface area contributed by atoms with E-state index in [9.17, 15) is 4.57 Å². The van der Waals surface area contributed by atoms with Crippen molar-refractivity contribution in [3.8, 4) is 11.5 Å². The van der Waals surface area contributed by atoms with E-state index in [4.69, 9.17) is 14.4 Å². The van der Waals surface area contributed by atoms with Crippen LogP contribution in [0.5, 0.6) is 11.5 Å². The molecule has 0 spiro atoms. The van der Waals surface area contributed by atoms with Gasteiger partial charge in [-0.1, -0.05) is 0 Å². The molecule has 7 heteroatoms. The van der Waals surface area contributed by atoms with Crippen molar-refractivity contribution in [1.82, 2.24) is 9.97 Å². The summed E-state index contributed by atoms with van der Waals surface area (Å²) in [5.41, 5.74) is 1.93. The quantitative estimate of drug-likeness (QED) is 0.780. The van der Waals surface area contributed by atoms with E-state index in [1.165, 1.54) is 0 Å². The molecule has 0 amide bonds. The van der Waals surface area contributed by atoms with Crippen LogP contribution >= 0.6 is 8.03 Å². The Morgan fingerprint density at radius 3 is 2.44 bits per heavy atom. The maximum Gasteiger partial charge on any atom is 0.505 e. The van der Waals surface area contributed by atoms with Gasteiger partial charge in [-0.15, -0.1) is 0 Å². The van der Waals surface area contributed by atoms with E-state index in [0.29, 0.717) is 29.5 Å². The fourth-order valence-electron chi connectivity index (χ4n) is 3.75. The van der Waals surface area contributed by atoms with Crippen molar-refractivity contribution >= 4 is 18.9 Å². The van der Waals surface area contributed by atoms with Crippen molar-refractivity contribution in [2.45, 2.75) is 38.0 Å². The molecule has 1 aromatic carbocycles. The van der Waals surface area contributed by atoms with Crippen LogP contribution in [0, 0.1) is 5.92 Å². The van der Waals surface area contributed by atoms with Crippen LogP contribution in [0.25, 0.3) is 10.9 Å². The van der Waals surface area contributed by atoms with E-state index in [1.54, 1.807) is 20.5 Å². The summed E-state index contributed by atoms with van der Waals surface area (Å²) >= 11 is 0. The Balaban J connectivity index is 1.81. The Morgan fingerprint density at radius 1 is 1.12 bits per heavy atom. The molecule has 1 aromatic heterocycles. The van der Waals surface area contributed by atoms with Crippen molar-refractivity contribution in [2.75, 3.05) is 20.4 Å². The van der Waals surface area contributed by atoms with Crippen molar-refractivity contribution in [2.24, 2.45) is 5.92 Å². The molecule has 0 radical (unpaired) electrons. The van der Waals surface area contributed by atoms with Gasteiger partial charge in [-0.25, -0.2) is 9.97 Å². The molecular formula is C18H24N2O4P+. The van der Waals surface area contributed by atoms with E-state index in [0.717, 1.165) is 48.7 Å². The predicted molar refractivity (Wildman–Crippen MR) is 96.7 cm³/mol. The molecule has 1 aliphatic carbocycles. The van der Waals surface area contributed by atoms with E-state index in [2.05, 4.69) is 9.97 Å². The van der Waals surface area contributed by atoms with Crippen LogP contribution in [-0.4, -0.2) is 35.2 Å². The number of methoxy groups -OCH3 is 2. The first-order valence-electron chi connectivity index (χ1n) is 8.62. The van der Waals surface area contributed by atoms with Gasteiger partial charge >= 0.3 is 8.03 Å². The highest BCUT2D eigenvalue weighted by Gasteiger charge is 2.27. The molecule has 0 bridgehead atoms. The Morgan fingerprint density at radius 2 is 1.80 bits per heavy atom. The van der Waals surface area contributed by atoms with Gasteiger partial charge in [0.25, 0.3) is 0 Å². The van der Waals surface area contributed by atoms with Gasteiger partial charge in [-0.2, -0.15) is 4.89 Å². The zero-order valence-corrected chi connectivity index (χ0v) is 15.5. The van der Waals surface area contributed by atoms with Gasteiger partial charge in [-0.05, 0) is 48.7 Å². The Hall–Kier alpha value is -1.78. The monoisotopic (exact) mass is 363 g/mol. The molecule has 1 saturated carbocycles. The summed E-state index contributed by atoms with van der Waals surface area (Å²) < 4.78 is 21.7. The lowest BCUT2D eigenvalue weighted by Gasteiger charge is -2.28. The average molecular weight is 363 g/mol. The largest absolute Gasteiger partial charge is 0.505 e. The van der Waals surface area contributed by atoms with Crippen LogP contribution in [-0.2, 0) is 4.57 Å². The lowest BCUT2D eigenvalue weighted by Crippen LogP contribution is -2.15. The molecule has 0 aliphatic heterocycles. The van der Waals surface area contributed by atoms with E-state index < -0.39 is 8.03 Å². The van der Waals surface area contributed by atoms with Gasteiger partial charge in [0.15, 0.2) is 17.7 Å². The number of aromatic nitrogens is 2. The standard InChI is InChI=1S/C18H23N2O4P/c1-23-16-9-14-15(10-17(16)24-2)19-11-20-18(14)13-5-3-12(4-6-13)7-8-25(21)22/h9-13H,3-8H2,1-2H3/p+1. The average Bonchev–Trinajstić information content (AvgIpc) is 2.65. The van der Waals surface area contributed by atoms with Crippen LogP contribution in [0.2, 0.25) is 0 Å². The van der Waals surface area contributed by atoms with Crippen LogP contribution in [0.3, 0.4) is 0 Å². The van der Waals surface area contributed by atoms with Crippen molar-refractivity contribution in [1.29, 1.82) is 0 Å². The fourth-order valence-corrected chi connectivity index (χ4v) is 4.33. The molecule has 1 aliphatic rings. The minimum atomic E-state index is -2.01. The second-order valence-corrected chi connectivity index (χ2v) is 7.72. The summed E-state index contributed by atoms with van der Waals surface area (Å²) in [6.07, 6.45) is 7.12. The smallest absolute Gasteiger partial charge is 0.493 e. The number of hydrogen-bond acceptors (Lipinski definition) is 5. The summed E-state index contributed by atoms with van der Waals surface area (Å²) in [5.74, 6) is 2.29. The lowest BCUT2D eigenvalue weighted by molar-refractivity contribution is 0.315. The van der Waals surface area contributed by atoms with E-state index in [-0.39, 0.29) is 0 Å². The van der Waals surface area contributed by atoms with Crippen LogP contribution in [0.1, 0.15) is 43.7 Å². The van der Waals surface area contributed by atoms with E-state index >= 15 is 0 Å². The molecule has 1 N–H and O–H groups in total. The summed E-state index contributed by atoms with van der Waals surface area (Å²) in [7, 11) is 1.24. The molecular weight excluding hydrogens is 339 g/mol. The summed E-state index contributed by atoms with van der Waals surface area (Å²) in [6, 6.07) is 3.86. The van der Waals surface area contributed by atoms with Crippen LogP contribution in [0.15, 0.2) is 18.5 Å². The van der Waals surface area contributed by atoms with Crippen LogP contribution < -0.4 is 9.47 Å². The third kappa shape index (κ3) is 4.07. The van der Waals surface area contributed by atoms with Crippen LogP contribution in [0.4, 0.5) is 0 Å². The number of nitrogens with zero attached hydrogens (tertiary/aromatic N) is 2. The minimum Gasteiger partial charge on any atom is -0.493 e. The number of benzene rings is 1. The third-order valence-corrected chi connectivity index (χ3v) is 5.77. The van der Waals surface area contributed by atoms with E-state index in [1.807, 2.05) is 12.1 Å². The number of fused-ring (bicyclic) bond motifs is 1. The number of rotatable bonds is 6. The molecule has 25 heavy (non-hydrogen) atoms. The maximum atomic E-state index is 10.9. The summed E-state index contributed by atoms with van der Waals surface area (Å²) in [5, 5.41) is 1.02. The second kappa shape index (κ2) is 8.07. The molecule has 1 unspecified atom stereocenters. The summed E-state index contributed by atoms with van der Waals surface area (Å²) in [6.45, 7) is 0. The van der Waals surface area contributed by atoms with Crippen molar-refractivity contribution in [3.05, 3.63) is 24.2 Å². The number of ether oxygens (including phenoxy) is 2. The van der Waals surface area contributed by atoms with Gasteiger partial charge in [0, 0.05) is 17.4 Å². The SMILES string of the molecule is COc1cc2ncnc(C3CCC(CC[P+](=O)O)CC3)c2cc1OC. The Kier molecular flexibility index (Phi) is 5.82. The zero-order chi connectivity index (χ0) is 17.8. The summed E-state index contributed by atoms with van der Waals surface area (Å²) in [4.78, 5) is 17.9. The minimum absolute atomic E-state index is 0.391. The first kappa shape index (κ1) is 18.0. The first-order valence-corrected chi connectivity index (χ1v) is 10.0. The van der Waals surface area contributed by atoms with Gasteiger partial charge in [0.1, 0.15) is 6.33 Å². The first-order chi connectivity index (χ1) is 12.1. The second-order valence-electron chi connectivity index (χ2n) is 6.57. The molecule has 2 aromatic rings. The highest BCUT2D eigenvalue weighted by atomic mass is 31.1. The third-order valence-electron chi connectivity index (χ3n) is 5.13. The lowest BCUT2D eigenvalue weighted by atomic mass is 9.78.